The number of aryl methyl sites for hydroxylation is 1. The van der Waals surface area contributed by atoms with E-state index in [0.29, 0.717) is 5.69 Å². The summed E-state index contributed by atoms with van der Waals surface area (Å²) >= 11 is 0. The number of aromatic nitrogens is 4. The van der Waals surface area contributed by atoms with E-state index in [4.69, 9.17) is 0 Å². The van der Waals surface area contributed by atoms with Crippen LogP contribution < -0.4 is 0 Å². The lowest BCUT2D eigenvalue weighted by molar-refractivity contribution is 0.920. The summed E-state index contributed by atoms with van der Waals surface area (Å²) in [6.07, 6.45) is 5.24. The van der Waals surface area contributed by atoms with Gasteiger partial charge in [0, 0.05) is 24.0 Å². The van der Waals surface area contributed by atoms with Crippen molar-refractivity contribution in [3.05, 3.63) is 72.8 Å². The Labute approximate surface area is 138 Å². The molecule has 0 unspecified atom stereocenters. The van der Waals surface area contributed by atoms with Crippen LogP contribution in [-0.2, 0) is 0 Å². The molecule has 0 atom stereocenters. The second kappa shape index (κ2) is 6.00. The molecule has 4 aromatic rings. The van der Waals surface area contributed by atoms with Crippen molar-refractivity contribution in [3.63, 3.8) is 0 Å². The molecule has 0 bridgehead atoms. The van der Waals surface area contributed by atoms with Gasteiger partial charge >= 0.3 is 0 Å². The standard InChI is InChI=1S/C18H14N6/c1-13-10-17-20-12-16(22-21-15-7-3-2-4-8-15)18(24(17)23-13)14-6-5-9-19-11-14/h2-12H,1H3. The van der Waals surface area contributed by atoms with Gasteiger partial charge in [0.2, 0.25) is 0 Å². The first-order valence-corrected chi connectivity index (χ1v) is 7.54. The van der Waals surface area contributed by atoms with E-state index >= 15 is 0 Å². The number of hydrogen-bond donors (Lipinski definition) is 0. The Bertz CT molecular complexity index is 1010. The zero-order chi connectivity index (χ0) is 16.4. The zero-order valence-electron chi connectivity index (χ0n) is 13.0. The molecule has 0 saturated carbocycles. The van der Waals surface area contributed by atoms with Gasteiger partial charge in [-0.15, -0.1) is 5.11 Å². The maximum Gasteiger partial charge on any atom is 0.156 e. The molecule has 0 aliphatic carbocycles. The lowest BCUT2D eigenvalue weighted by Crippen LogP contribution is -1.97. The minimum absolute atomic E-state index is 0.641. The average molecular weight is 314 g/mol. The first-order valence-electron chi connectivity index (χ1n) is 7.54. The highest BCUT2D eigenvalue weighted by Crippen LogP contribution is 2.31. The van der Waals surface area contributed by atoms with Crippen LogP contribution in [-0.4, -0.2) is 19.6 Å². The van der Waals surface area contributed by atoms with Gasteiger partial charge in [-0.25, -0.2) is 9.50 Å². The molecule has 1 aromatic carbocycles. The molecule has 6 heteroatoms. The second-order valence-electron chi connectivity index (χ2n) is 5.33. The maximum absolute atomic E-state index is 4.53. The Morgan fingerprint density at radius 3 is 2.62 bits per heavy atom. The van der Waals surface area contributed by atoms with Crippen LogP contribution in [0.2, 0.25) is 0 Å². The van der Waals surface area contributed by atoms with Gasteiger partial charge in [-0.2, -0.15) is 10.2 Å². The monoisotopic (exact) mass is 314 g/mol. The van der Waals surface area contributed by atoms with E-state index in [1.807, 2.05) is 55.5 Å². The third-order valence-electron chi connectivity index (χ3n) is 3.55. The van der Waals surface area contributed by atoms with E-state index in [2.05, 4.69) is 25.3 Å². The molecule has 0 fully saturated rings. The first kappa shape index (κ1) is 14.2. The molecule has 6 nitrogen and oxygen atoms in total. The van der Waals surface area contributed by atoms with Crippen molar-refractivity contribution in [2.75, 3.05) is 0 Å². The summed E-state index contributed by atoms with van der Waals surface area (Å²) in [5.74, 6) is 0. The fourth-order valence-electron chi connectivity index (χ4n) is 2.49. The molecule has 0 aliphatic rings. The topological polar surface area (TPSA) is 67.8 Å². The smallest absolute Gasteiger partial charge is 0.156 e. The average Bonchev–Trinajstić information content (AvgIpc) is 3.01. The Morgan fingerprint density at radius 1 is 0.958 bits per heavy atom. The summed E-state index contributed by atoms with van der Waals surface area (Å²) in [4.78, 5) is 8.63. The van der Waals surface area contributed by atoms with Gasteiger partial charge < -0.3 is 0 Å². The summed E-state index contributed by atoms with van der Waals surface area (Å²) in [5.41, 5.74) is 4.82. The van der Waals surface area contributed by atoms with Gasteiger partial charge in [-0.05, 0) is 31.2 Å². The van der Waals surface area contributed by atoms with Crippen LogP contribution in [0.15, 0.2) is 77.3 Å². The molecule has 0 N–H and O–H groups in total. The highest BCUT2D eigenvalue weighted by Gasteiger charge is 2.13. The molecule has 116 valence electrons. The SMILES string of the molecule is Cc1cc2ncc(N=Nc3ccccc3)c(-c3cccnc3)n2n1. The predicted octanol–water partition coefficient (Wildman–Crippen LogP) is 4.52. The van der Waals surface area contributed by atoms with Crippen molar-refractivity contribution >= 4 is 17.0 Å². The highest BCUT2D eigenvalue weighted by atomic mass is 15.3. The van der Waals surface area contributed by atoms with Gasteiger partial charge in [0.05, 0.1) is 17.6 Å². The molecule has 3 heterocycles. The van der Waals surface area contributed by atoms with E-state index in [1.165, 1.54) is 0 Å². The number of fused-ring (bicyclic) bond motifs is 1. The van der Waals surface area contributed by atoms with E-state index < -0.39 is 0 Å². The molecule has 24 heavy (non-hydrogen) atoms. The number of hydrogen-bond acceptors (Lipinski definition) is 5. The molecular weight excluding hydrogens is 300 g/mol. The normalized spacial score (nSPS) is 11.4. The van der Waals surface area contributed by atoms with Gasteiger partial charge in [0.25, 0.3) is 0 Å². The van der Waals surface area contributed by atoms with E-state index in [0.717, 1.165) is 28.3 Å². The van der Waals surface area contributed by atoms with Crippen LogP contribution in [0.3, 0.4) is 0 Å². The number of rotatable bonds is 3. The van der Waals surface area contributed by atoms with E-state index in [-0.39, 0.29) is 0 Å². The molecule has 4 rings (SSSR count). The number of nitrogens with zero attached hydrogens (tertiary/aromatic N) is 6. The molecule has 0 radical (unpaired) electrons. The first-order chi connectivity index (χ1) is 11.8. The van der Waals surface area contributed by atoms with Crippen LogP contribution in [0.4, 0.5) is 11.4 Å². The summed E-state index contributed by atoms with van der Waals surface area (Å²) in [6.45, 7) is 1.94. The van der Waals surface area contributed by atoms with Gasteiger partial charge in [0.1, 0.15) is 11.4 Å². The molecule has 3 aromatic heterocycles. The van der Waals surface area contributed by atoms with Crippen molar-refractivity contribution in [1.82, 2.24) is 19.6 Å². The predicted molar refractivity (Wildman–Crippen MR) is 91.6 cm³/mol. The minimum Gasteiger partial charge on any atom is -0.264 e. The fourth-order valence-corrected chi connectivity index (χ4v) is 2.49. The van der Waals surface area contributed by atoms with Crippen LogP contribution in [0.5, 0.6) is 0 Å². The molecule has 0 saturated heterocycles. The van der Waals surface area contributed by atoms with Gasteiger partial charge in [0.15, 0.2) is 5.65 Å². The molecule has 0 amide bonds. The number of pyridine rings is 1. The van der Waals surface area contributed by atoms with Gasteiger partial charge in [-0.1, -0.05) is 18.2 Å². The largest absolute Gasteiger partial charge is 0.264 e. The van der Waals surface area contributed by atoms with Crippen LogP contribution in [0.25, 0.3) is 16.9 Å². The zero-order valence-corrected chi connectivity index (χ0v) is 13.0. The summed E-state index contributed by atoms with van der Waals surface area (Å²) in [7, 11) is 0. The fraction of sp³-hybridized carbons (Fsp3) is 0.0556. The van der Waals surface area contributed by atoms with Crippen molar-refractivity contribution in [1.29, 1.82) is 0 Å². The summed E-state index contributed by atoms with van der Waals surface area (Å²) < 4.78 is 1.78. The summed E-state index contributed by atoms with van der Waals surface area (Å²) in [5, 5.41) is 13.2. The Kier molecular flexibility index (Phi) is 3.55. The van der Waals surface area contributed by atoms with Crippen molar-refractivity contribution < 1.29 is 0 Å². The third kappa shape index (κ3) is 2.65. The Balaban J connectivity index is 1.90. The minimum atomic E-state index is 0.641. The Hall–Kier alpha value is -3.41. The molecule has 0 aliphatic heterocycles. The van der Waals surface area contributed by atoms with Crippen LogP contribution in [0.1, 0.15) is 5.69 Å². The maximum atomic E-state index is 4.53. The Morgan fingerprint density at radius 2 is 1.83 bits per heavy atom. The number of benzene rings is 1. The van der Waals surface area contributed by atoms with Crippen LogP contribution in [0, 0.1) is 6.92 Å². The number of azo groups is 1. The second-order valence-corrected chi connectivity index (χ2v) is 5.33. The van der Waals surface area contributed by atoms with E-state index in [1.54, 1.807) is 23.1 Å². The van der Waals surface area contributed by atoms with Crippen molar-refractivity contribution in [2.45, 2.75) is 6.92 Å². The van der Waals surface area contributed by atoms with Crippen molar-refractivity contribution in [2.24, 2.45) is 10.2 Å². The highest BCUT2D eigenvalue weighted by molar-refractivity contribution is 5.73. The van der Waals surface area contributed by atoms with Crippen LogP contribution >= 0.6 is 0 Å². The van der Waals surface area contributed by atoms with Crippen molar-refractivity contribution in [3.8, 4) is 11.3 Å². The van der Waals surface area contributed by atoms with Gasteiger partial charge in [-0.3, -0.25) is 4.98 Å². The molecular formula is C18H14N6. The lowest BCUT2D eigenvalue weighted by Gasteiger charge is -2.07. The van der Waals surface area contributed by atoms with E-state index in [9.17, 15) is 0 Å². The quantitative estimate of drug-likeness (QED) is 0.522. The summed E-state index contributed by atoms with van der Waals surface area (Å²) in [6, 6.07) is 15.4. The third-order valence-corrected chi connectivity index (χ3v) is 3.55. The lowest BCUT2D eigenvalue weighted by atomic mass is 10.2. The molecule has 0 spiro atoms.